The molecule has 130 valence electrons. The number of benzene rings is 1. The average Bonchev–Trinajstić information content (AvgIpc) is 2.35. The van der Waals surface area contributed by atoms with Gasteiger partial charge < -0.3 is 9.26 Å². The zero-order chi connectivity index (χ0) is 17.9. The molecular formula is C18H29O4P. The molecule has 0 spiro atoms. The van der Waals surface area contributed by atoms with Gasteiger partial charge in [-0.15, -0.1) is 0 Å². The Morgan fingerprint density at radius 3 is 2.00 bits per heavy atom. The minimum Gasteiger partial charge on any atom is -0.460 e. The molecule has 23 heavy (non-hydrogen) atoms. The van der Waals surface area contributed by atoms with Crippen LogP contribution < -0.4 is 5.30 Å². The summed E-state index contributed by atoms with van der Waals surface area (Å²) in [6.45, 7) is 12.8. The summed E-state index contributed by atoms with van der Waals surface area (Å²) in [4.78, 5) is 12.2. The molecule has 4 nitrogen and oxygen atoms in total. The maximum absolute atomic E-state index is 13.5. The van der Waals surface area contributed by atoms with E-state index in [2.05, 4.69) is 0 Å². The first kappa shape index (κ1) is 19.9. The van der Waals surface area contributed by atoms with Gasteiger partial charge in [0.25, 0.3) is 0 Å². The van der Waals surface area contributed by atoms with Crippen molar-refractivity contribution < 1.29 is 18.6 Å². The third-order valence-electron chi connectivity index (χ3n) is 2.89. The number of esters is 1. The van der Waals surface area contributed by atoms with Gasteiger partial charge in [0.2, 0.25) is 7.37 Å². The molecule has 0 saturated heterocycles. The van der Waals surface area contributed by atoms with E-state index in [1.165, 1.54) is 0 Å². The summed E-state index contributed by atoms with van der Waals surface area (Å²) in [7, 11) is -3.17. The Labute approximate surface area is 140 Å². The molecule has 1 aromatic rings. The molecule has 0 bridgehead atoms. The number of hydrogen-bond donors (Lipinski definition) is 0. The van der Waals surface area contributed by atoms with Crippen LogP contribution in [0.25, 0.3) is 0 Å². The minimum atomic E-state index is -3.17. The largest absolute Gasteiger partial charge is 0.460 e. The first-order valence-electron chi connectivity index (χ1n) is 7.91. The van der Waals surface area contributed by atoms with Gasteiger partial charge >= 0.3 is 5.97 Å². The summed E-state index contributed by atoms with van der Waals surface area (Å²) in [6, 6.07) is 9.09. The first-order valence-corrected chi connectivity index (χ1v) is 9.72. The highest BCUT2D eigenvalue weighted by Crippen LogP contribution is 2.50. The lowest BCUT2D eigenvalue weighted by atomic mass is 10.1. The smallest absolute Gasteiger partial charge is 0.309 e. The zero-order valence-electron chi connectivity index (χ0n) is 15.3. The van der Waals surface area contributed by atoms with E-state index in [0.29, 0.717) is 5.30 Å². The van der Waals surface area contributed by atoms with Crippen molar-refractivity contribution in [2.45, 2.75) is 59.7 Å². The number of rotatable bonds is 5. The van der Waals surface area contributed by atoms with Crippen molar-refractivity contribution in [2.24, 2.45) is 5.92 Å². The van der Waals surface area contributed by atoms with Gasteiger partial charge in [-0.05, 0) is 53.7 Å². The highest BCUT2D eigenvalue weighted by atomic mass is 31.2. The second kappa shape index (κ2) is 7.19. The highest BCUT2D eigenvalue weighted by molar-refractivity contribution is 7.67. The maximum atomic E-state index is 13.5. The Kier molecular flexibility index (Phi) is 6.23. The van der Waals surface area contributed by atoms with Gasteiger partial charge in [0.1, 0.15) is 5.60 Å². The van der Waals surface area contributed by atoms with E-state index >= 15 is 0 Å². The molecule has 0 radical (unpaired) electrons. The second-order valence-electron chi connectivity index (χ2n) is 7.83. The molecule has 0 aliphatic rings. The van der Waals surface area contributed by atoms with E-state index in [1.807, 2.05) is 59.7 Å². The fraction of sp³-hybridized carbons (Fsp3) is 0.611. The summed E-state index contributed by atoms with van der Waals surface area (Å²) in [5.74, 6) is -0.867. The lowest BCUT2D eigenvalue weighted by Crippen LogP contribution is -2.31. The first-order chi connectivity index (χ1) is 10.3. The van der Waals surface area contributed by atoms with Crippen molar-refractivity contribution in [1.82, 2.24) is 0 Å². The Balaban J connectivity index is 3.03. The van der Waals surface area contributed by atoms with E-state index < -0.39 is 24.5 Å². The predicted octanol–water partition coefficient (Wildman–Crippen LogP) is 4.38. The van der Waals surface area contributed by atoms with Crippen LogP contribution in [0.2, 0.25) is 0 Å². The maximum Gasteiger partial charge on any atom is 0.309 e. The van der Waals surface area contributed by atoms with Crippen LogP contribution in [0.4, 0.5) is 0 Å². The van der Waals surface area contributed by atoms with Crippen molar-refractivity contribution in [3.05, 3.63) is 30.3 Å². The van der Waals surface area contributed by atoms with Gasteiger partial charge in [0, 0.05) is 11.5 Å². The number of ether oxygens (including phenoxy) is 1. The van der Waals surface area contributed by atoms with Crippen LogP contribution in [-0.2, 0) is 18.6 Å². The summed E-state index contributed by atoms with van der Waals surface area (Å²) < 4.78 is 24.8. The molecule has 5 heteroatoms. The molecule has 0 fully saturated rings. The molecule has 0 aliphatic carbocycles. The summed E-state index contributed by atoms with van der Waals surface area (Å²) in [5.41, 5.74) is -1.13. The monoisotopic (exact) mass is 340 g/mol. The Morgan fingerprint density at radius 2 is 1.57 bits per heavy atom. The van der Waals surface area contributed by atoms with Gasteiger partial charge in [-0.1, -0.05) is 25.1 Å². The number of carbonyl (C=O) groups excluding carboxylic acids is 1. The van der Waals surface area contributed by atoms with Crippen molar-refractivity contribution in [3.63, 3.8) is 0 Å². The SMILES string of the molecule is CC(CP(=O)(OC(C)(C)C)c1ccccc1)C(=O)OC(C)(C)C. The molecule has 0 aliphatic heterocycles. The number of hydrogen-bond acceptors (Lipinski definition) is 4. The Hall–Kier alpha value is -1.12. The summed E-state index contributed by atoms with van der Waals surface area (Å²) >= 11 is 0. The zero-order valence-corrected chi connectivity index (χ0v) is 16.1. The van der Waals surface area contributed by atoms with Gasteiger partial charge in [-0.25, -0.2) is 0 Å². The molecule has 1 rings (SSSR count). The van der Waals surface area contributed by atoms with Gasteiger partial charge in [-0.2, -0.15) is 0 Å². The Bertz CT molecular complexity index is 567. The normalized spacial score (nSPS) is 16.5. The standard InChI is InChI=1S/C18H29O4P/c1-14(16(19)21-17(2,3)4)13-23(20,22-18(5,6)7)15-11-9-8-10-12-15/h8-12,14H,13H2,1-7H3. The van der Waals surface area contributed by atoms with E-state index in [-0.39, 0.29) is 12.1 Å². The molecule has 0 amide bonds. The van der Waals surface area contributed by atoms with Crippen LogP contribution in [0.5, 0.6) is 0 Å². The third-order valence-corrected chi connectivity index (χ3v) is 5.85. The topological polar surface area (TPSA) is 52.6 Å². The molecule has 0 aromatic heterocycles. The van der Waals surface area contributed by atoms with E-state index in [4.69, 9.17) is 9.26 Å². The van der Waals surface area contributed by atoms with E-state index in [1.54, 1.807) is 19.1 Å². The number of carbonyl (C=O) groups is 1. The van der Waals surface area contributed by atoms with Gasteiger partial charge in [0.15, 0.2) is 0 Å². The third kappa shape index (κ3) is 6.88. The molecular weight excluding hydrogens is 311 g/mol. The Morgan fingerprint density at radius 1 is 1.04 bits per heavy atom. The van der Waals surface area contributed by atoms with Crippen LogP contribution in [0.1, 0.15) is 48.5 Å². The lowest BCUT2D eigenvalue weighted by molar-refractivity contribution is -0.158. The summed E-state index contributed by atoms with van der Waals surface area (Å²) in [6.07, 6.45) is 0.128. The van der Waals surface area contributed by atoms with Crippen molar-refractivity contribution in [3.8, 4) is 0 Å². The van der Waals surface area contributed by atoms with Crippen LogP contribution in [0.3, 0.4) is 0 Å². The predicted molar refractivity (Wildman–Crippen MR) is 94.4 cm³/mol. The molecule has 1 aromatic carbocycles. The van der Waals surface area contributed by atoms with E-state index in [0.717, 1.165) is 0 Å². The second-order valence-corrected chi connectivity index (χ2v) is 10.2. The van der Waals surface area contributed by atoms with Crippen molar-refractivity contribution in [2.75, 3.05) is 6.16 Å². The van der Waals surface area contributed by atoms with Crippen LogP contribution >= 0.6 is 7.37 Å². The molecule has 2 atom stereocenters. The fourth-order valence-electron chi connectivity index (χ4n) is 2.13. The quantitative estimate of drug-likeness (QED) is 0.589. The van der Waals surface area contributed by atoms with Crippen LogP contribution in [-0.4, -0.2) is 23.3 Å². The molecule has 2 unspecified atom stereocenters. The lowest BCUT2D eigenvalue weighted by Gasteiger charge is -2.30. The molecule has 0 heterocycles. The molecule has 0 N–H and O–H groups in total. The van der Waals surface area contributed by atoms with Crippen LogP contribution in [0, 0.1) is 5.92 Å². The summed E-state index contributed by atoms with van der Waals surface area (Å²) in [5, 5.41) is 0.630. The van der Waals surface area contributed by atoms with Crippen LogP contribution in [0.15, 0.2) is 30.3 Å². The molecule has 0 saturated carbocycles. The van der Waals surface area contributed by atoms with Crippen molar-refractivity contribution >= 4 is 18.6 Å². The van der Waals surface area contributed by atoms with Gasteiger partial charge in [-0.3, -0.25) is 9.36 Å². The average molecular weight is 340 g/mol. The van der Waals surface area contributed by atoms with Crippen molar-refractivity contribution in [1.29, 1.82) is 0 Å². The minimum absolute atomic E-state index is 0.128. The highest BCUT2D eigenvalue weighted by Gasteiger charge is 2.36. The fourth-order valence-corrected chi connectivity index (χ4v) is 4.90. The van der Waals surface area contributed by atoms with E-state index in [9.17, 15) is 9.36 Å². The van der Waals surface area contributed by atoms with Gasteiger partial charge in [0.05, 0.1) is 11.5 Å².